The summed E-state index contributed by atoms with van der Waals surface area (Å²) in [5.41, 5.74) is 2.27. The van der Waals surface area contributed by atoms with Crippen LogP contribution in [0.4, 0.5) is 0 Å². The minimum Gasteiger partial charge on any atom is -0.493 e. The summed E-state index contributed by atoms with van der Waals surface area (Å²) < 4.78 is 11.3. The van der Waals surface area contributed by atoms with Crippen LogP contribution in [0.3, 0.4) is 0 Å². The zero-order valence-corrected chi connectivity index (χ0v) is 12.8. The average Bonchev–Trinajstić information content (AvgIpc) is 2.54. The maximum absolute atomic E-state index is 5.84. The molecule has 0 radical (unpaired) electrons. The Labute approximate surface area is 126 Å². The van der Waals surface area contributed by atoms with Crippen LogP contribution >= 0.6 is 0 Å². The molecule has 2 rings (SSSR count). The van der Waals surface area contributed by atoms with E-state index in [9.17, 15) is 0 Å². The van der Waals surface area contributed by atoms with Gasteiger partial charge in [0.15, 0.2) is 11.5 Å². The Morgan fingerprint density at radius 3 is 2.57 bits per heavy atom. The first kappa shape index (κ1) is 15.3. The van der Waals surface area contributed by atoms with Gasteiger partial charge in [-0.2, -0.15) is 0 Å². The van der Waals surface area contributed by atoms with Crippen LogP contribution in [0.1, 0.15) is 31.0 Å². The summed E-state index contributed by atoms with van der Waals surface area (Å²) in [4.78, 5) is 4.00. The summed E-state index contributed by atoms with van der Waals surface area (Å²) in [6, 6.07) is 10.2. The summed E-state index contributed by atoms with van der Waals surface area (Å²) in [5.74, 6) is 1.51. The molecule has 1 atom stereocenters. The minimum absolute atomic E-state index is 0.290. The highest BCUT2D eigenvalue weighted by molar-refractivity contribution is 5.43. The standard InChI is InChI=1S/C17H22N2O2/c1-4-19-13(2)15-5-6-16(17(11-15)20-3)21-12-14-7-9-18-10-8-14/h5-11,13,19H,4,12H2,1-3H3. The van der Waals surface area contributed by atoms with E-state index in [1.54, 1.807) is 19.5 Å². The number of methoxy groups -OCH3 is 1. The quantitative estimate of drug-likeness (QED) is 0.847. The second kappa shape index (κ2) is 7.64. The Morgan fingerprint density at radius 1 is 1.14 bits per heavy atom. The molecule has 1 aromatic carbocycles. The average molecular weight is 286 g/mol. The molecule has 21 heavy (non-hydrogen) atoms. The van der Waals surface area contributed by atoms with Crippen LogP contribution in [0, 0.1) is 0 Å². The zero-order chi connectivity index (χ0) is 15.1. The molecule has 0 aliphatic heterocycles. The van der Waals surface area contributed by atoms with Crippen molar-refractivity contribution in [2.75, 3.05) is 13.7 Å². The molecule has 2 aromatic rings. The van der Waals surface area contributed by atoms with E-state index in [-0.39, 0.29) is 6.04 Å². The topological polar surface area (TPSA) is 43.4 Å². The normalized spacial score (nSPS) is 12.0. The Balaban J connectivity index is 2.09. The molecular weight excluding hydrogens is 264 g/mol. The highest BCUT2D eigenvalue weighted by atomic mass is 16.5. The van der Waals surface area contributed by atoms with Crippen molar-refractivity contribution in [2.45, 2.75) is 26.5 Å². The van der Waals surface area contributed by atoms with Gasteiger partial charge in [-0.15, -0.1) is 0 Å². The molecule has 0 saturated carbocycles. The van der Waals surface area contributed by atoms with Gasteiger partial charge in [-0.25, -0.2) is 0 Å². The Kier molecular flexibility index (Phi) is 5.58. The molecular formula is C17H22N2O2. The SMILES string of the molecule is CCNC(C)c1ccc(OCc2ccncc2)c(OC)c1. The number of hydrogen-bond acceptors (Lipinski definition) is 4. The van der Waals surface area contributed by atoms with Crippen LogP contribution in [0.15, 0.2) is 42.7 Å². The van der Waals surface area contributed by atoms with Gasteiger partial charge in [-0.3, -0.25) is 4.98 Å². The lowest BCUT2D eigenvalue weighted by Crippen LogP contribution is -2.17. The van der Waals surface area contributed by atoms with Crippen molar-refractivity contribution in [3.8, 4) is 11.5 Å². The van der Waals surface area contributed by atoms with Crippen molar-refractivity contribution in [1.29, 1.82) is 0 Å². The van der Waals surface area contributed by atoms with Gasteiger partial charge in [-0.1, -0.05) is 13.0 Å². The van der Waals surface area contributed by atoms with Crippen molar-refractivity contribution < 1.29 is 9.47 Å². The van der Waals surface area contributed by atoms with E-state index in [0.29, 0.717) is 6.61 Å². The van der Waals surface area contributed by atoms with Gasteiger partial charge in [-0.05, 0) is 48.9 Å². The fourth-order valence-corrected chi connectivity index (χ4v) is 2.14. The van der Waals surface area contributed by atoms with E-state index in [1.165, 1.54) is 5.56 Å². The molecule has 1 heterocycles. The van der Waals surface area contributed by atoms with Gasteiger partial charge in [0, 0.05) is 18.4 Å². The summed E-state index contributed by atoms with van der Waals surface area (Å²) >= 11 is 0. The molecule has 0 saturated heterocycles. The van der Waals surface area contributed by atoms with Gasteiger partial charge in [0.2, 0.25) is 0 Å². The third-order valence-electron chi connectivity index (χ3n) is 3.34. The molecule has 1 unspecified atom stereocenters. The lowest BCUT2D eigenvalue weighted by Gasteiger charge is -2.16. The minimum atomic E-state index is 0.290. The van der Waals surface area contributed by atoms with E-state index in [4.69, 9.17) is 9.47 Å². The Morgan fingerprint density at radius 2 is 1.90 bits per heavy atom. The maximum Gasteiger partial charge on any atom is 0.161 e. The molecule has 0 spiro atoms. The third kappa shape index (κ3) is 4.20. The summed E-state index contributed by atoms with van der Waals surface area (Å²) in [6.45, 7) is 5.67. The molecule has 4 heteroatoms. The van der Waals surface area contributed by atoms with Gasteiger partial charge >= 0.3 is 0 Å². The van der Waals surface area contributed by atoms with E-state index in [0.717, 1.165) is 23.6 Å². The first-order valence-electron chi connectivity index (χ1n) is 7.17. The van der Waals surface area contributed by atoms with Gasteiger partial charge in [0.25, 0.3) is 0 Å². The zero-order valence-electron chi connectivity index (χ0n) is 12.8. The van der Waals surface area contributed by atoms with E-state index in [2.05, 4.69) is 30.2 Å². The lowest BCUT2D eigenvalue weighted by atomic mass is 10.1. The molecule has 1 aromatic heterocycles. The number of benzene rings is 1. The van der Waals surface area contributed by atoms with Crippen LogP contribution in [0.5, 0.6) is 11.5 Å². The lowest BCUT2D eigenvalue weighted by molar-refractivity contribution is 0.284. The first-order chi connectivity index (χ1) is 10.2. The predicted octanol–water partition coefficient (Wildman–Crippen LogP) is 3.34. The van der Waals surface area contributed by atoms with Crippen LogP contribution in [-0.2, 0) is 6.61 Å². The summed E-state index contributed by atoms with van der Waals surface area (Å²) in [6.07, 6.45) is 3.52. The molecule has 0 fully saturated rings. The van der Waals surface area contributed by atoms with Crippen LogP contribution in [0.2, 0.25) is 0 Å². The van der Waals surface area contributed by atoms with Crippen molar-refractivity contribution in [1.82, 2.24) is 10.3 Å². The molecule has 0 aliphatic rings. The number of hydrogen-bond donors (Lipinski definition) is 1. The highest BCUT2D eigenvalue weighted by Gasteiger charge is 2.10. The summed E-state index contributed by atoms with van der Waals surface area (Å²) in [7, 11) is 1.66. The second-order valence-corrected chi connectivity index (χ2v) is 4.83. The third-order valence-corrected chi connectivity index (χ3v) is 3.34. The van der Waals surface area contributed by atoms with Crippen molar-refractivity contribution in [2.24, 2.45) is 0 Å². The van der Waals surface area contributed by atoms with Crippen LogP contribution in [-0.4, -0.2) is 18.6 Å². The summed E-state index contributed by atoms with van der Waals surface area (Å²) in [5, 5.41) is 3.39. The second-order valence-electron chi connectivity index (χ2n) is 4.83. The number of pyridine rings is 1. The van der Waals surface area contributed by atoms with E-state index >= 15 is 0 Å². The van der Waals surface area contributed by atoms with Gasteiger partial charge < -0.3 is 14.8 Å². The molecule has 4 nitrogen and oxygen atoms in total. The maximum atomic E-state index is 5.84. The Hall–Kier alpha value is -2.07. The molecule has 0 bridgehead atoms. The van der Waals surface area contributed by atoms with Crippen molar-refractivity contribution in [3.63, 3.8) is 0 Å². The van der Waals surface area contributed by atoms with Gasteiger partial charge in [0.1, 0.15) is 6.61 Å². The van der Waals surface area contributed by atoms with Crippen LogP contribution in [0.25, 0.3) is 0 Å². The molecule has 0 aliphatic carbocycles. The highest BCUT2D eigenvalue weighted by Crippen LogP contribution is 2.30. The number of aromatic nitrogens is 1. The van der Waals surface area contributed by atoms with Crippen LogP contribution < -0.4 is 14.8 Å². The number of nitrogens with one attached hydrogen (secondary N) is 1. The molecule has 0 amide bonds. The fraction of sp³-hybridized carbons (Fsp3) is 0.353. The largest absolute Gasteiger partial charge is 0.493 e. The number of rotatable bonds is 7. The Bertz CT molecular complexity index is 558. The number of nitrogens with zero attached hydrogens (tertiary/aromatic N) is 1. The first-order valence-corrected chi connectivity index (χ1v) is 7.17. The van der Waals surface area contributed by atoms with E-state index < -0.39 is 0 Å². The van der Waals surface area contributed by atoms with E-state index in [1.807, 2.05) is 24.3 Å². The van der Waals surface area contributed by atoms with Gasteiger partial charge in [0.05, 0.1) is 7.11 Å². The number of ether oxygens (including phenoxy) is 2. The molecule has 112 valence electrons. The fourth-order valence-electron chi connectivity index (χ4n) is 2.14. The smallest absolute Gasteiger partial charge is 0.161 e. The van der Waals surface area contributed by atoms with Crippen molar-refractivity contribution >= 4 is 0 Å². The molecule has 1 N–H and O–H groups in total. The monoisotopic (exact) mass is 286 g/mol. The predicted molar refractivity (Wildman–Crippen MR) is 83.7 cm³/mol. The van der Waals surface area contributed by atoms with Crippen molar-refractivity contribution in [3.05, 3.63) is 53.9 Å².